The second kappa shape index (κ2) is 14.4. The molecule has 270 valence electrons. The third-order valence-corrected chi connectivity index (χ3v) is 12.1. The molecule has 7 atom stereocenters. The highest BCUT2D eigenvalue weighted by molar-refractivity contribution is 8.03. The summed E-state index contributed by atoms with van der Waals surface area (Å²) in [5.74, 6) is -2.63. The SMILES string of the molecule is C[C@@H](O)[C@H]1C(=O)N2C(C(=O)Oc3ccc([N+](=O)[O-])cc3)=C(S[C@H]3C[C@@H](C(=O)N4CCS(=O)C4)N(C(=O)OCc4ccc([N+](=O)[O-])cc4)C3)[C@H](C)[C@H]12. The summed E-state index contributed by atoms with van der Waals surface area (Å²) >= 11 is 1.21. The quantitative estimate of drug-likeness (QED) is 0.122. The number of ether oxygens (including phenoxy) is 2. The average molecular weight is 744 g/mol. The molecule has 4 aliphatic rings. The topological polar surface area (TPSA) is 220 Å². The van der Waals surface area contributed by atoms with Gasteiger partial charge in [-0.3, -0.25) is 38.9 Å². The van der Waals surface area contributed by atoms with Crippen LogP contribution in [0.1, 0.15) is 25.8 Å². The standard InChI is InChI=1S/C32H33N5O12S2/c1-17-26-25(18(2)38)30(40)35(26)27(31(41)49-22-9-7-21(8-10-22)37(45)46)28(17)50-23-13-24(29(39)33-11-12-51(47)16-33)34(14-23)32(42)48-15-19-3-5-20(6-4-19)36(43)44/h3-10,17-18,23-26,38H,11-16H2,1-2H3/t17-,18-,23+,24+,25-,26-,51?/m1/s1. The Kier molecular flexibility index (Phi) is 10.1. The van der Waals surface area contributed by atoms with Crippen LogP contribution < -0.4 is 4.74 Å². The molecule has 4 heterocycles. The van der Waals surface area contributed by atoms with Crippen molar-refractivity contribution in [1.29, 1.82) is 0 Å². The van der Waals surface area contributed by atoms with Gasteiger partial charge in [-0.2, -0.15) is 0 Å². The van der Waals surface area contributed by atoms with E-state index >= 15 is 0 Å². The van der Waals surface area contributed by atoms with Crippen LogP contribution in [0.2, 0.25) is 0 Å². The van der Waals surface area contributed by atoms with Crippen molar-refractivity contribution in [2.75, 3.05) is 24.7 Å². The number of nitro benzene ring substituents is 2. The van der Waals surface area contributed by atoms with Crippen molar-refractivity contribution < 1.29 is 47.8 Å². The average Bonchev–Trinajstić information content (AvgIpc) is 3.78. The van der Waals surface area contributed by atoms with Gasteiger partial charge >= 0.3 is 12.1 Å². The Balaban J connectivity index is 1.25. The predicted octanol–water partition coefficient (Wildman–Crippen LogP) is 2.54. The minimum absolute atomic E-state index is 0.00933. The molecule has 1 N–H and O–H groups in total. The Bertz CT molecular complexity index is 1840. The highest BCUT2D eigenvalue weighted by Gasteiger charge is 2.61. The van der Waals surface area contributed by atoms with Crippen molar-refractivity contribution in [2.24, 2.45) is 11.8 Å². The number of hydrogen-bond donors (Lipinski definition) is 1. The molecule has 0 saturated carbocycles. The number of benzene rings is 2. The van der Waals surface area contributed by atoms with E-state index in [9.17, 15) is 48.7 Å². The molecule has 0 spiro atoms. The predicted molar refractivity (Wildman–Crippen MR) is 180 cm³/mol. The number of β-lactam (4-membered cyclic amide) rings is 1. The van der Waals surface area contributed by atoms with Crippen molar-refractivity contribution in [2.45, 2.75) is 50.3 Å². The molecule has 1 unspecified atom stereocenters. The van der Waals surface area contributed by atoms with Crippen molar-refractivity contribution in [3.63, 3.8) is 0 Å². The number of nitro groups is 2. The normalized spacial score (nSPS) is 26.1. The minimum Gasteiger partial charge on any atom is -0.445 e. The van der Waals surface area contributed by atoms with Gasteiger partial charge in [-0.05, 0) is 43.2 Å². The molecule has 3 amide bonds. The van der Waals surface area contributed by atoms with Crippen LogP contribution in [-0.4, -0.2) is 106 Å². The Morgan fingerprint density at radius 1 is 1.06 bits per heavy atom. The first-order valence-electron chi connectivity index (χ1n) is 15.9. The number of hydrogen-bond acceptors (Lipinski definition) is 13. The molecule has 4 aliphatic heterocycles. The lowest BCUT2D eigenvalue weighted by Crippen LogP contribution is -2.63. The van der Waals surface area contributed by atoms with Crippen LogP contribution in [0.3, 0.4) is 0 Å². The number of rotatable bonds is 10. The van der Waals surface area contributed by atoms with Crippen LogP contribution in [0.5, 0.6) is 5.75 Å². The van der Waals surface area contributed by atoms with Crippen molar-refractivity contribution in [3.8, 4) is 5.75 Å². The van der Waals surface area contributed by atoms with Gasteiger partial charge in [-0.1, -0.05) is 6.92 Å². The van der Waals surface area contributed by atoms with Gasteiger partial charge in [-0.25, -0.2) is 9.59 Å². The number of amides is 3. The molecule has 0 aromatic heterocycles. The molecule has 3 saturated heterocycles. The van der Waals surface area contributed by atoms with E-state index in [-0.39, 0.29) is 54.8 Å². The molecule has 0 aliphatic carbocycles. The Morgan fingerprint density at radius 2 is 1.69 bits per heavy atom. The second-order valence-corrected chi connectivity index (χ2v) is 15.5. The van der Waals surface area contributed by atoms with Crippen LogP contribution in [0.4, 0.5) is 16.2 Å². The number of thioether (sulfide) groups is 1. The molecule has 19 heteroatoms. The van der Waals surface area contributed by atoms with E-state index in [4.69, 9.17) is 9.47 Å². The van der Waals surface area contributed by atoms with Gasteiger partial charge in [0, 0.05) is 70.0 Å². The molecule has 3 fully saturated rings. The molecule has 0 radical (unpaired) electrons. The zero-order chi connectivity index (χ0) is 36.7. The number of esters is 1. The molecular weight excluding hydrogens is 711 g/mol. The van der Waals surface area contributed by atoms with Gasteiger partial charge < -0.3 is 24.4 Å². The lowest BCUT2D eigenvalue weighted by Gasteiger charge is -2.46. The van der Waals surface area contributed by atoms with E-state index in [0.29, 0.717) is 16.2 Å². The Labute approximate surface area is 297 Å². The number of fused-ring (bicyclic) bond motifs is 1. The first-order chi connectivity index (χ1) is 24.2. The summed E-state index contributed by atoms with van der Waals surface area (Å²) in [5.41, 5.74) is 0.101. The van der Waals surface area contributed by atoms with E-state index in [0.717, 1.165) is 0 Å². The molecule has 2 aromatic carbocycles. The molecule has 51 heavy (non-hydrogen) atoms. The van der Waals surface area contributed by atoms with Gasteiger partial charge in [0.25, 0.3) is 11.4 Å². The van der Waals surface area contributed by atoms with Crippen LogP contribution >= 0.6 is 11.8 Å². The zero-order valence-corrected chi connectivity index (χ0v) is 28.9. The largest absolute Gasteiger partial charge is 0.445 e. The lowest BCUT2D eigenvalue weighted by molar-refractivity contribution is -0.385. The number of aliphatic hydroxyl groups excluding tert-OH is 1. The van der Waals surface area contributed by atoms with E-state index < -0.39 is 79.8 Å². The van der Waals surface area contributed by atoms with E-state index in [1.807, 2.05) is 0 Å². The maximum absolute atomic E-state index is 13.7. The number of carbonyl (C=O) groups excluding carboxylic acids is 4. The second-order valence-electron chi connectivity index (χ2n) is 12.6. The number of aliphatic hydroxyl groups is 1. The van der Waals surface area contributed by atoms with Crippen LogP contribution in [0, 0.1) is 32.1 Å². The van der Waals surface area contributed by atoms with Crippen LogP contribution in [0.25, 0.3) is 0 Å². The fourth-order valence-electron chi connectivity index (χ4n) is 6.80. The third-order valence-electron chi connectivity index (χ3n) is 9.35. The first kappa shape index (κ1) is 35.9. The number of carbonyl (C=O) groups is 4. The number of non-ortho nitro benzene ring substituents is 2. The van der Waals surface area contributed by atoms with Gasteiger partial charge in [0.2, 0.25) is 11.8 Å². The summed E-state index contributed by atoms with van der Waals surface area (Å²) in [6.45, 7) is 3.34. The summed E-state index contributed by atoms with van der Waals surface area (Å²) < 4.78 is 23.2. The fraction of sp³-hybridized carbons (Fsp3) is 0.438. The van der Waals surface area contributed by atoms with Gasteiger partial charge in [0.05, 0.1) is 33.8 Å². The molecule has 0 bridgehead atoms. The molecule has 6 rings (SSSR count). The number of nitrogens with zero attached hydrogens (tertiary/aromatic N) is 5. The summed E-state index contributed by atoms with van der Waals surface area (Å²) in [6, 6.07) is 8.78. The molecule has 2 aromatic rings. The van der Waals surface area contributed by atoms with Crippen molar-refractivity contribution in [3.05, 3.63) is 84.9 Å². The van der Waals surface area contributed by atoms with Crippen molar-refractivity contribution >= 4 is 57.8 Å². The van der Waals surface area contributed by atoms with Crippen LogP contribution in [0.15, 0.2) is 59.1 Å². The summed E-state index contributed by atoms with van der Waals surface area (Å²) in [7, 11) is -1.22. The maximum Gasteiger partial charge on any atom is 0.410 e. The Hall–Kier alpha value is -4.88. The van der Waals surface area contributed by atoms with Gasteiger partial charge in [0.1, 0.15) is 24.1 Å². The minimum atomic E-state index is -1.22. The summed E-state index contributed by atoms with van der Waals surface area (Å²) in [5, 5.41) is 32.0. The monoisotopic (exact) mass is 743 g/mol. The van der Waals surface area contributed by atoms with Crippen molar-refractivity contribution in [1.82, 2.24) is 14.7 Å². The summed E-state index contributed by atoms with van der Waals surface area (Å²) in [4.78, 5) is 79.6. The molecule has 17 nitrogen and oxygen atoms in total. The first-order valence-corrected chi connectivity index (χ1v) is 18.3. The fourth-order valence-corrected chi connectivity index (χ4v) is 9.48. The maximum atomic E-state index is 13.7. The third kappa shape index (κ3) is 7.05. The van der Waals surface area contributed by atoms with Crippen LogP contribution in [-0.2, 0) is 36.5 Å². The van der Waals surface area contributed by atoms with E-state index in [2.05, 4.69) is 0 Å². The van der Waals surface area contributed by atoms with E-state index in [1.54, 1.807) is 6.92 Å². The number of likely N-dealkylation sites (tertiary alicyclic amines) is 1. The highest BCUT2D eigenvalue weighted by Crippen LogP contribution is 2.52. The van der Waals surface area contributed by atoms with E-state index in [1.165, 1.54) is 81.9 Å². The van der Waals surface area contributed by atoms with Gasteiger partial charge in [-0.15, -0.1) is 11.8 Å². The Morgan fingerprint density at radius 3 is 2.25 bits per heavy atom. The summed E-state index contributed by atoms with van der Waals surface area (Å²) in [6.07, 6.45) is -1.67. The van der Waals surface area contributed by atoms with Gasteiger partial charge in [0.15, 0.2) is 0 Å². The molecular formula is C32H33N5O12S2. The zero-order valence-electron chi connectivity index (χ0n) is 27.3. The highest BCUT2D eigenvalue weighted by atomic mass is 32.2. The lowest BCUT2D eigenvalue weighted by atomic mass is 9.79. The smallest absolute Gasteiger partial charge is 0.410 e.